The summed E-state index contributed by atoms with van der Waals surface area (Å²) >= 11 is 1.30. The molecule has 0 radical (unpaired) electrons. The molecule has 3 aromatic rings. The summed E-state index contributed by atoms with van der Waals surface area (Å²) in [6.45, 7) is 8.75. The predicted molar refractivity (Wildman–Crippen MR) is 126 cm³/mol. The summed E-state index contributed by atoms with van der Waals surface area (Å²) in [7, 11) is 0. The number of carbonyl (C=O) groups excluding carboxylic acids is 2. The Labute approximate surface area is 204 Å². The summed E-state index contributed by atoms with van der Waals surface area (Å²) in [5.41, 5.74) is -0.555. The number of hydrogen-bond donors (Lipinski definition) is 1. The molecule has 0 aromatic carbocycles. The maximum Gasteiger partial charge on any atom is 0.433 e. The standard InChI is InChI=1S/C24H27F3N4O3S/c1-12(2)34-22(33)19-13-8-6-7-9-15(13)35-21(19)29-20(32)14-10-18-28-16(23(3,4)5)11-17(24(25,26)27)31(18)30-14/h10-12H,6-9H2,1-5H3,(H,29,32). The van der Waals surface area contributed by atoms with Gasteiger partial charge in [0, 0.05) is 16.4 Å². The van der Waals surface area contributed by atoms with Crippen molar-refractivity contribution in [3.05, 3.63) is 45.2 Å². The van der Waals surface area contributed by atoms with Gasteiger partial charge in [-0.2, -0.15) is 18.3 Å². The van der Waals surface area contributed by atoms with Crippen molar-refractivity contribution in [3.63, 3.8) is 0 Å². The number of carbonyl (C=O) groups is 2. The maximum absolute atomic E-state index is 13.8. The molecule has 0 fully saturated rings. The molecule has 7 nitrogen and oxygen atoms in total. The number of hydrogen-bond acceptors (Lipinski definition) is 6. The molecule has 1 aliphatic carbocycles. The Morgan fingerprint density at radius 3 is 2.46 bits per heavy atom. The van der Waals surface area contributed by atoms with Gasteiger partial charge in [-0.25, -0.2) is 14.3 Å². The van der Waals surface area contributed by atoms with Crippen LogP contribution in [0.25, 0.3) is 5.65 Å². The minimum atomic E-state index is -4.69. The van der Waals surface area contributed by atoms with E-state index in [4.69, 9.17) is 4.74 Å². The van der Waals surface area contributed by atoms with Crippen molar-refractivity contribution in [2.75, 3.05) is 5.32 Å². The number of anilines is 1. The lowest BCUT2D eigenvalue weighted by atomic mass is 9.91. The van der Waals surface area contributed by atoms with Crippen molar-refractivity contribution in [1.82, 2.24) is 14.6 Å². The van der Waals surface area contributed by atoms with Crippen LogP contribution < -0.4 is 5.32 Å². The van der Waals surface area contributed by atoms with E-state index in [1.807, 2.05) is 0 Å². The molecular weight excluding hydrogens is 481 g/mol. The molecule has 0 saturated carbocycles. The van der Waals surface area contributed by atoms with Crippen molar-refractivity contribution < 1.29 is 27.5 Å². The molecule has 1 N–H and O–H groups in total. The molecule has 0 saturated heterocycles. The average molecular weight is 509 g/mol. The second kappa shape index (κ2) is 8.92. The number of nitrogens with one attached hydrogen (secondary N) is 1. The normalized spacial score (nSPS) is 14.3. The molecule has 11 heteroatoms. The minimum absolute atomic E-state index is 0.0835. The SMILES string of the molecule is CC(C)OC(=O)c1c(NC(=O)c2cc3nc(C(C)(C)C)cc(C(F)(F)F)n3n2)sc2c1CCCC2. The van der Waals surface area contributed by atoms with Crippen molar-refractivity contribution in [1.29, 1.82) is 0 Å². The fraction of sp³-hybridized carbons (Fsp3) is 0.500. The van der Waals surface area contributed by atoms with Crippen LogP contribution in [-0.2, 0) is 29.2 Å². The van der Waals surface area contributed by atoms with E-state index in [2.05, 4.69) is 15.4 Å². The van der Waals surface area contributed by atoms with Gasteiger partial charge >= 0.3 is 12.1 Å². The first-order valence-corrected chi connectivity index (χ1v) is 12.2. The van der Waals surface area contributed by atoms with Crippen LogP contribution in [0.4, 0.5) is 18.2 Å². The van der Waals surface area contributed by atoms with Crippen LogP contribution in [0.5, 0.6) is 0 Å². The molecule has 3 heterocycles. The smallest absolute Gasteiger partial charge is 0.433 e. The van der Waals surface area contributed by atoms with Gasteiger partial charge in [-0.1, -0.05) is 20.8 Å². The maximum atomic E-state index is 13.8. The van der Waals surface area contributed by atoms with Crippen LogP contribution in [0, 0.1) is 0 Å². The van der Waals surface area contributed by atoms with Gasteiger partial charge in [-0.3, -0.25) is 4.79 Å². The van der Waals surface area contributed by atoms with E-state index >= 15 is 0 Å². The summed E-state index contributed by atoms with van der Waals surface area (Å²) in [6, 6.07) is 2.18. The highest BCUT2D eigenvalue weighted by Gasteiger charge is 2.37. The van der Waals surface area contributed by atoms with Crippen LogP contribution in [0.1, 0.15) is 90.1 Å². The highest BCUT2D eigenvalue weighted by molar-refractivity contribution is 7.17. The van der Waals surface area contributed by atoms with E-state index in [9.17, 15) is 22.8 Å². The van der Waals surface area contributed by atoms with E-state index in [0.717, 1.165) is 35.8 Å². The fourth-order valence-corrected chi connectivity index (χ4v) is 5.25. The number of fused-ring (bicyclic) bond motifs is 2. The van der Waals surface area contributed by atoms with E-state index in [-0.39, 0.29) is 23.1 Å². The monoisotopic (exact) mass is 508 g/mol. The number of amides is 1. The molecule has 0 spiro atoms. The first kappa shape index (κ1) is 25.2. The Morgan fingerprint density at radius 1 is 1.14 bits per heavy atom. The number of ether oxygens (including phenoxy) is 1. The highest BCUT2D eigenvalue weighted by atomic mass is 32.1. The van der Waals surface area contributed by atoms with Gasteiger partial charge in [0.05, 0.1) is 17.4 Å². The van der Waals surface area contributed by atoms with Crippen LogP contribution in [0.2, 0.25) is 0 Å². The van der Waals surface area contributed by atoms with Gasteiger partial charge in [0.1, 0.15) is 10.7 Å². The fourth-order valence-electron chi connectivity index (χ4n) is 3.98. The third-order valence-corrected chi connectivity index (χ3v) is 6.87. The number of nitrogens with zero attached hydrogens (tertiary/aromatic N) is 3. The van der Waals surface area contributed by atoms with Crippen LogP contribution in [0.15, 0.2) is 12.1 Å². The highest BCUT2D eigenvalue weighted by Crippen LogP contribution is 2.39. The zero-order valence-electron chi connectivity index (χ0n) is 20.2. The van der Waals surface area contributed by atoms with Gasteiger partial charge in [0.2, 0.25) is 0 Å². The van der Waals surface area contributed by atoms with Gasteiger partial charge < -0.3 is 10.1 Å². The van der Waals surface area contributed by atoms with Gasteiger partial charge in [0.25, 0.3) is 5.91 Å². The lowest BCUT2D eigenvalue weighted by Gasteiger charge is -2.19. The second-order valence-electron chi connectivity index (χ2n) is 9.90. The molecular formula is C24H27F3N4O3S. The van der Waals surface area contributed by atoms with Crippen LogP contribution in [0.3, 0.4) is 0 Å². The summed E-state index contributed by atoms with van der Waals surface area (Å²) in [4.78, 5) is 31.2. The number of alkyl halides is 3. The van der Waals surface area contributed by atoms with Crippen LogP contribution in [-0.4, -0.2) is 32.6 Å². The molecule has 188 valence electrons. The molecule has 1 aliphatic rings. The minimum Gasteiger partial charge on any atom is -0.459 e. The molecule has 0 aliphatic heterocycles. The van der Waals surface area contributed by atoms with Crippen LogP contribution >= 0.6 is 11.3 Å². The molecule has 35 heavy (non-hydrogen) atoms. The van der Waals surface area contributed by atoms with E-state index in [1.54, 1.807) is 34.6 Å². The topological polar surface area (TPSA) is 85.6 Å². The third-order valence-electron chi connectivity index (χ3n) is 5.66. The Balaban J connectivity index is 1.74. The number of rotatable bonds is 4. The number of esters is 1. The van der Waals surface area contributed by atoms with Gasteiger partial charge in [-0.15, -0.1) is 11.3 Å². The Kier molecular flexibility index (Phi) is 6.41. The Bertz CT molecular complexity index is 1300. The van der Waals surface area contributed by atoms with Crippen molar-refractivity contribution in [3.8, 4) is 0 Å². The number of aromatic nitrogens is 3. The van der Waals surface area contributed by atoms with Gasteiger partial charge in [0.15, 0.2) is 11.3 Å². The molecule has 0 unspecified atom stereocenters. The lowest BCUT2D eigenvalue weighted by Crippen LogP contribution is -2.20. The quantitative estimate of drug-likeness (QED) is 0.450. The number of aryl methyl sites for hydroxylation is 1. The summed E-state index contributed by atoms with van der Waals surface area (Å²) in [6.07, 6.45) is -1.64. The number of halogens is 3. The third kappa shape index (κ3) is 5.05. The summed E-state index contributed by atoms with van der Waals surface area (Å²) in [5.74, 6) is -1.25. The molecule has 0 bridgehead atoms. The molecule has 4 rings (SSSR count). The number of thiophene rings is 1. The second-order valence-corrected chi connectivity index (χ2v) is 11.0. The molecule has 3 aromatic heterocycles. The van der Waals surface area contributed by atoms with E-state index in [0.29, 0.717) is 21.5 Å². The van der Waals surface area contributed by atoms with Crippen molar-refractivity contribution in [2.24, 2.45) is 0 Å². The molecule has 0 atom stereocenters. The van der Waals surface area contributed by atoms with Crippen molar-refractivity contribution >= 4 is 33.9 Å². The summed E-state index contributed by atoms with van der Waals surface area (Å²) < 4.78 is 47.4. The Morgan fingerprint density at radius 2 is 1.83 bits per heavy atom. The summed E-state index contributed by atoms with van der Waals surface area (Å²) in [5, 5.41) is 6.93. The Hall–Kier alpha value is -2.95. The lowest BCUT2D eigenvalue weighted by molar-refractivity contribution is -0.142. The largest absolute Gasteiger partial charge is 0.459 e. The zero-order valence-corrected chi connectivity index (χ0v) is 21.0. The van der Waals surface area contributed by atoms with Gasteiger partial charge in [-0.05, 0) is 51.2 Å². The first-order chi connectivity index (χ1) is 16.3. The van der Waals surface area contributed by atoms with Crippen molar-refractivity contribution in [2.45, 2.75) is 78.0 Å². The predicted octanol–water partition coefficient (Wildman–Crippen LogP) is 5.80. The van der Waals surface area contributed by atoms with E-state index < -0.39 is 29.2 Å². The zero-order chi connectivity index (χ0) is 25.7. The molecule has 1 amide bonds. The first-order valence-electron chi connectivity index (χ1n) is 11.4. The van der Waals surface area contributed by atoms with E-state index in [1.165, 1.54) is 17.4 Å². The average Bonchev–Trinajstić information content (AvgIpc) is 3.32.